The molecule has 0 saturated carbocycles. The molecule has 10 atom stereocenters. The third-order valence-corrected chi connectivity index (χ3v) is 13.0. The van der Waals surface area contributed by atoms with Gasteiger partial charge in [0.05, 0.1) is 37.4 Å². The van der Waals surface area contributed by atoms with Gasteiger partial charge in [-0.05, 0) is 38.5 Å². The minimum atomic E-state index is -5.12. The molecule has 3 aliphatic heterocycles. The molecule has 4 amide bonds. The lowest BCUT2D eigenvalue weighted by Crippen LogP contribution is -2.61. The molecule has 0 unspecified atom stereocenters. The van der Waals surface area contributed by atoms with Crippen LogP contribution < -0.4 is 21.3 Å². The van der Waals surface area contributed by atoms with Gasteiger partial charge in [-0.15, -0.1) is 0 Å². The molecule has 19 heteroatoms. The number of hydrogen-bond acceptors (Lipinski definition) is 13. The van der Waals surface area contributed by atoms with Gasteiger partial charge in [-0.3, -0.25) is 14.1 Å². The second-order valence-corrected chi connectivity index (χ2v) is 18.3. The highest BCUT2D eigenvalue weighted by Crippen LogP contribution is 2.33. The van der Waals surface area contributed by atoms with E-state index in [9.17, 15) is 43.2 Å². The predicted molar refractivity (Wildman–Crippen MR) is 224 cm³/mol. The van der Waals surface area contributed by atoms with Gasteiger partial charge in [-0.2, -0.15) is 20.2 Å². The van der Waals surface area contributed by atoms with Gasteiger partial charge in [0.1, 0.15) is 24.4 Å². The Bertz CT molecular complexity index is 1360. The summed E-state index contributed by atoms with van der Waals surface area (Å²) >= 11 is 1.86. The number of amides is 4. The monoisotopic (exact) mass is 880 g/mol. The Morgan fingerprint density at radius 2 is 1.56 bits per heavy atom. The topological polar surface area (TPSA) is 262 Å². The van der Waals surface area contributed by atoms with Crippen LogP contribution in [0.15, 0.2) is 12.2 Å². The van der Waals surface area contributed by atoms with Crippen molar-refractivity contribution >= 4 is 40.0 Å². The van der Waals surface area contributed by atoms with E-state index in [0.29, 0.717) is 37.5 Å². The van der Waals surface area contributed by atoms with Gasteiger partial charge in [-0.1, -0.05) is 96.1 Å². The second-order valence-electron chi connectivity index (χ2n) is 16.0. The van der Waals surface area contributed by atoms with Crippen LogP contribution in [0.25, 0.3) is 0 Å². The minimum Gasteiger partial charge on any atom is -0.394 e. The molecule has 0 bridgehead atoms. The van der Waals surface area contributed by atoms with Crippen LogP contribution in [-0.2, 0) is 33.6 Å². The van der Waals surface area contributed by atoms with Gasteiger partial charge in [-0.25, -0.2) is 8.98 Å². The molecule has 342 valence electrons. The van der Waals surface area contributed by atoms with Crippen LogP contribution in [0.2, 0.25) is 0 Å². The van der Waals surface area contributed by atoms with Gasteiger partial charge in [0.15, 0.2) is 6.29 Å². The molecule has 0 radical (unpaired) electrons. The number of ether oxygens (including phenoxy) is 2. The standard InChI is InChI=1S/C40H72N4O13S2/c1-2-3-4-5-6-7-8-9-10-11-12-13-15-20-30(46)28(26-55-39-37(50)38(57-59(52,53)54)36(49)31(25-45)56-39)42-34(48)23-16-14-19-24-41-33(47)22-18-17-21-32-35-29(27-58-32)43-40(51)44-35/h15,20,28-32,35-39,45-46,49-50H,2-14,16-19,21-27H2,1H3,(H,41,47)(H,42,48)(H2,43,44,51)(H,52,53,54)/b20-15+/t28-,29-,30+,31+,32-,35-,36-,37+,38-,39+/m0/s1. The van der Waals surface area contributed by atoms with E-state index in [1.54, 1.807) is 6.08 Å². The average Bonchev–Trinajstić information content (AvgIpc) is 3.75. The number of aliphatic hydroxyl groups excluding tert-OH is 4. The number of fused-ring (bicyclic) bond motifs is 1. The Morgan fingerprint density at radius 3 is 2.24 bits per heavy atom. The molecule has 3 heterocycles. The molecule has 3 fully saturated rings. The summed E-state index contributed by atoms with van der Waals surface area (Å²) in [5.41, 5.74) is 0. The molecule has 3 rings (SSSR count). The number of carbonyl (C=O) groups excluding carboxylic acids is 3. The molecule has 0 spiro atoms. The number of rotatable bonds is 32. The van der Waals surface area contributed by atoms with Gasteiger partial charge in [0, 0.05) is 30.4 Å². The first kappa shape index (κ1) is 51.3. The van der Waals surface area contributed by atoms with Crippen molar-refractivity contribution in [2.24, 2.45) is 0 Å². The fraction of sp³-hybridized carbons (Fsp3) is 0.875. The lowest BCUT2D eigenvalue weighted by molar-refractivity contribution is -0.298. The smallest absolute Gasteiger partial charge is 0.394 e. The van der Waals surface area contributed by atoms with Gasteiger partial charge in [0.2, 0.25) is 11.8 Å². The predicted octanol–water partition coefficient (Wildman–Crippen LogP) is 3.14. The average molecular weight is 881 g/mol. The first-order valence-electron chi connectivity index (χ1n) is 21.8. The Hall–Kier alpha value is -2.07. The summed E-state index contributed by atoms with van der Waals surface area (Å²) in [4.78, 5) is 36.9. The van der Waals surface area contributed by atoms with E-state index in [1.165, 1.54) is 51.4 Å². The third-order valence-electron chi connectivity index (χ3n) is 11.0. The van der Waals surface area contributed by atoms with Crippen LogP contribution in [0.3, 0.4) is 0 Å². The maximum absolute atomic E-state index is 13.0. The molecular weight excluding hydrogens is 809 g/mol. The first-order valence-corrected chi connectivity index (χ1v) is 24.2. The van der Waals surface area contributed by atoms with Crippen molar-refractivity contribution in [3.05, 3.63) is 12.2 Å². The Labute approximate surface area is 354 Å². The fourth-order valence-corrected chi connectivity index (χ4v) is 9.67. The number of nitrogens with one attached hydrogen (secondary N) is 4. The van der Waals surface area contributed by atoms with Gasteiger partial charge >= 0.3 is 16.4 Å². The summed E-state index contributed by atoms with van der Waals surface area (Å²) in [6, 6.07) is -0.777. The molecule has 0 aromatic rings. The number of carbonyl (C=O) groups is 3. The summed E-state index contributed by atoms with van der Waals surface area (Å²) < 4.78 is 47.5. The summed E-state index contributed by atoms with van der Waals surface area (Å²) in [5, 5.41) is 53.8. The lowest BCUT2D eigenvalue weighted by Gasteiger charge is -2.41. The first-order chi connectivity index (χ1) is 28.3. The van der Waals surface area contributed by atoms with Crippen LogP contribution in [0.5, 0.6) is 0 Å². The van der Waals surface area contributed by atoms with Crippen molar-refractivity contribution in [3.8, 4) is 0 Å². The molecule has 9 N–H and O–H groups in total. The highest BCUT2D eigenvalue weighted by atomic mass is 32.3. The van der Waals surface area contributed by atoms with Crippen LogP contribution >= 0.6 is 11.8 Å². The zero-order valence-electron chi connectivity index (χ0n) is 34.7. The number of hydrogen-bond donors (Lipinski definition) is 9. The third kappa shape index (κ3) is 20.1. The fourth-order valence-electron chi connectivity index (χ4n) is 7.62. The number of allylic oxidation sites excluding steroid dienone is 1. The molecule has 0 aliphatic carbocycles. The zero-order valence-corrected chi connectivity index (χ0v) is 36.4. The van der Waals surface area contributed by atoms with E-state index in [4.69, 9.17) is 14.0 Å². The highest BCUT2D eigenvalue weighted by molar-refractivity contribution is 8.00. The SMILES string of the molecule is CCCCCCCCCCCCC/C=C/[C@@H](O)[C@H](CO[C@@H]1O[C@H](CO)[C@H](O)[C@H](OS(=O)(=O)O)[C@H]1O)NC(=O)CCCCCNC(=O)CCCC[C@@H]1SC[C@@H]2NC(=O)N[C@@H]21. The Kier molecular flexibility index (Phi) is 24.8. The largest absolute Gasteiger partial charge is 0.397 e. The van der Waals surface area contributed by atoms with Crippen molar-refractivity contribution < 1.29 is 61.4 Å². The molecule has 59 heavy (non-hydrogen) atoms. The Morgan fingerprint density at radius 1 is 0.915 bits per heavy atom. The van der Waals surface area contributed by atoms with Crippen LogP contribution in [-0.4, -0.2) is 137 Å². The van der Waals surface area contributed by atoms with E-state index >= 15 is 0 Å². The van der Waals surface area contributed by atoms with E-state index in [-0.39, 0.29) is 36.3 Å². The summed E-state index contributed by atoms with van der Waals surface area (Å²) in [6.45, 7) is 1.49. The maximum atomic E-state index is 13.0. The molecule has 0 aromatic heterocycles. The van der Waals surface area contributed by atoms with E-state index < -0.39 is 66.5 Å². The summed E-state index contributed by atoms with van der Waals surface area (Å²) in [6.07, 6.45) is 12.5. The normalized spacial score (nSPS) is 26.6. The quantitative estimate of drug-likeness (QED) is 0.0204. The summed E-state index contributed by atoms with van der Waals surface area (Å²) in [5.74, 6) is 0.512. The van der Waals surface area contributed by atoms with Crippen molar-refractivity contribution in [1.29, 1.82) is 0 Å². The lowest BCUT2D eigenvalue weighted by atomic mass is 9.99. The second kappa shape index (κ2) is 28.5. The number of thioether (sulfide) groups is 1. The maximum Gasteiger partial charge on any atom is 0.397 e. The Balaban J connectivity index is 1.39. The van der Waals surface area contributed by atoms with Crippen LogP contribution in [0.4, 0.5) is 4.79 Å². The highest BCUT2D eigenvalue weighted by Gasteiger charge is 2.48. The van der Waals surface area contributed by atoms with Gasteiger partial charge < -0.3 is 51.2 Å². The van der Waals surface area contributed by atoms with Crippen molar-refractivity contribution in [2.45, 2.75) is 196 Å². The van der Waals surface area contributed by atoms with Crippen LogP contribution in [0.1, 0.15) is 135 Å². The van der Waals surface area contributed by atoms with E-state index in [2.05, 4.69) is 32.4 Å². The molecular formula is C40H72N4O13S2. The molecule has 3 saturated heterocycles. The van der Waals surface area contributed by atoms with Crippen molar-refractivity contribution in [2.75, 3.05) is 25.5 Å². The summed E-state index contributed by atoms with van der Waals surface area (Å²) in [7, 11) is -5.12. The van der Waals surface area contributed by atoms with Crippen molar-refractivity contribution in [1.82, 2.24) is 21.3 Å². The van der Waals surface area contributed by atoms with E-state index in [1.807, 2.05) is 17.8 Å². The number of urea groups is 1. The van der Waals surface area contributed by atoms with Gasteiger partial charge in [0.25, 0.3) is 0 Å². The van der Waals surface area contributed by atoms with E-state index in [0.717, 1.165) is 50.7 Å². The minimum absolute atomic E-state index is 0.0216. The van der Waals surface area contributed by atoms with Crippen molar-refractivity contribution in [3.63, 3.8) is 0 Å². The van der Waals surface area contributed by atoms with Crippen LogP contribution in [0, 0.1) is 0 Å². The zero-order chi connectivity index (χ0) is 43.0. The molecule has 3 aliphatic rings. The molecule has 17 nitrogen and oxygen atoms in total. The number of unbranched alkanes of at least 4 members (excludes halogenated alkanes) is 14. The molecule has 0 aromatic carbocycles. The number of aliphatic hydroxyl groups is 4.